The highest BCUT2D eigenvalue weighted by Gasteiger charge is 2.15. The molecule has 1 rings (SSSR count). The summed E-state index contributed by atoms with van der Waals surface area (Å²) in [4.78, 5) is 11.9. The van der Waals surface area contributed by atoms with E-state index in [1.165, 1.54) is 12.3 Å². The quantitative estimate of drug-likeness (QED) is 0.355. The lowest BCUT2D eigenvalue weighted by atomic mass is 10.0. The monoisotopic (exact) mass is 354 g/mol. The molecule has 0 radical (unpaired) electrons. The van der Waals surface area contributed by atoms with Gasteiger partial charge in [-0.1, -0.05) is 18.9 Å². The van der Waals surface area contributed by atoms with E-state index in [0.29, 0.717) is 24.3 Å². The average molecular weight is 354 g/mol. The molecule has 0 aliphatic heterocycles. The third-order valence-electron chi connectivity index (χ3n) is 3.51. The molecule has 0 spiro atoms. The fourth-order valence-electron chi connectivity index (χ4n) is 2.18. The van der Waals surface area contributed by atoms with Crippen molar-refractivity contribution in [3.8, 4) is 5.75 Å². The fourth-order valence-corrected chi connectivity index (χ4v) is 2.91. The molecule has 134 valence electrons. The second-order valence-corrected chi connectivity index (χ2v) is 8.08. The van der Waals surface area contributed by atoms with Gasteiger partial charge in [-0.25, -0.2) is 8.42 Å². The molecule has 6 heteroatoms. The number of unbranched alkanes of at least 4 members (excludes halogenated alkanes) is 3. The first kappa shape index (κ1) is 20.4. The van der Waals surface area contributed by atoms with E-state index in [0.717, 1.165) is 19.3 Å². The maximum Gasteiger partial charge on any atom is 0.191 e. The van der Waals surface area contributed by atoms with Gasteiger partial charge in [-0.2, -0.15) is 0 Å². The minimum Gasteiger partial charge on any atom is -0.494 e. The number of ether oxygens (including phenoxy) is 1. The Balaban J connectivity index is 2.27. The van der Waals surface area contributed by atoms with Crippen molar-refractivity contribution in [1.82, 2.24) is 0 Å². The second kappa shape index (κ2) is 10.3. The third-order valence-corrected chi connectivity index (χ3v) is 4.54. The number of carbonyl (C=O) groups is 1. The van der Waals surface area contributed by atoms with Crippen LogP contribution in [0.5, 0.6) is 5.75 Å². The van der Waals surface area contributed by atoms with E-state index in [9.17, 15) is 18.3 Å². The highest BCUT2D eigenvalue weighted by molar-refractivity contribution is 7.90. The molecule has 1 unspecified atom stereocenters. The van der Waals surface area contributed by atoms with Crippen molar-refractivity contribution >= 4 is 15.6 Å². The molecule has 0 heterocycles. The minimum atomic E-state index is -2.86. The average Bonchev–Trinajstić information content (AvgIpc) is 2.53. The third kappa shape index (κ3) is 8.26. The Morgan fingerprint density at radius 2 is 1.83 bits per heavy atom. The Morgan fingerprint density at radius 1 is 1.21 bits per heavy atom. The number of hydrogen-bond donors (Lipinski definition) is 1. The molecule has 0 amide bonds. The molecule has 1 atom stereocenters. The van der Waals surface area contributed by atoms with E-state index in [1.807, 2.05) is 0 Å². The number of aliphatic hydroxyl groups is 1. The summed E-state index contributed by atoms with van der Waals surface area (Å²) in [7, 11) is -2.86. The lowest BCUT2D eigenvalue weighted by Crippen LogP contribution is -2.19. The smallest absolute Gasteiger partial charge is 0.191 e. The lowest BCUT2D eigenvalue weighted by molar-refractivity contribution is 0.0753. The van der Waals surface area contributed by atoms with Crippen molar-refractivity contribution < 1.29 is 23.1 Å². The van der Waals surface area contributed by atoms with Gasteiger partial charge in [0.05, 0.1) is 6.61 Å². The van der Waals surface area contributed by atoms with E-state index in [-0.39, 0.29) is 18.0 Å². The van der Waals surface area contributed by atoms with Crippen LogP contribution in [0.4, 0.5) is 0 Å². The molecule has 24 heavy (non-hydrogen) atoms. The molecule has 0 saturated heterocycles. The SMILES string of the molecule is C=CCC(O)C(=O)c1ccc(OCCCCCCS(C)(=O)=O)cc1. The topological polar surface area (TPSA) is 80.7 Å². The van der Waals surface area contributed by atoms with Crippen LogP contribution in [-0.4, -0.2) is 44.0 Å². The molecule has 0 aliphatic carbocycles. The van der Waals surface area contributed by atoms with E-state index in [4.69, 9.17) is 4.74 Å². The summed E-state index contributed by atoms with van der Waals surface area (Å²) in [5, 5.41) is 9.65. The van der Waals surface area contributed by atoms with Gasteiger partial charge in [0, 0.05) is 17.6 Å². The van der Waals surface area contributed by atoms with Crippen LogP contribution in [0.1, 0.15) is 42.5 Å². The van der Waals surface area contributed by atoms with Gasteiger partial charge in [0.15, 0.2) is 5.78 Å². The Morgan fingerprint density at radius 3 is 2.42 bits per heavy atom. The summed E-state index contributed by atoms with van der Waals surface area (Å²) in [6, 6.07) is 6.68. The number of hydrogen-bond acceptors (Lipinski definition) is 5. The highest BCUT2D eigenvalue weighted by Crippen LogP contribution is 2.15. The van der Waals surface area contributed by atoms with E-state index in [2.05, 4.69) is 6.58 Å². The van der Waals surface area contributed by atoms with Crippen LogP contribution < -0.4 is 4.74 Å². The van der Waals surface area contributed by atoms with Gasteiger partial charge < -0.3 is 9.84 Å². The van der Waals surface area contributed by atoms with Gasteiger partial charge in [0.1, 0.15) is 21.7 Å². The fraction of sp³-hybridized carbons (Fsp3) is 0.500. The predicted molar refractivity (Wildman–Crippen MR) is 95.3 cm³/mol. The maximum atomic E-state index is 11.9. The summed E-state index contributed by atoms with van der Waals surface area (Å²) >= 11 is 0. The first-order chi connectivity index (χ1) is 11.3. The van der Waals surface area contributed by atoms with Gasteiger partial charge >= 0.3 is 0 Å². The molecule has 0 fully saturated rings. The molecule has 0 aliphatic rings. The van der Waals surface area contributed by atoms with Crippen molar-refractivity contribution in [2.75, 3.05) is 18.6 Å². The van der Waals surface area contributed by atoms with Crippen molar-refractivity contribution in [2.45, 2.75) is 38.2 Å². The molecule has 5 nitrogen and oxygen atoms in total. The van der Waals surface area contributed by atoms with Crippen LogP contribution in [0.2, 0.25) is 0 Å². The number of carbonyl (C=O) groups excluding carboxylic acids is 1. The van der Waals surface area contributed by atoms with Gasteiger partial charge in [0.25, 0.3) is 0 Å². The molecule has 0 aromatic heterocycles. The number of aliphatic hydroxyl groups excluding tert-OH is 1. The van der Waals surface area contributed by atoms with E-state index < -0.39 is 15.9 Å². The van der Waals surface area contributed by atoms with E-state index >= 15 is 0 Å². The van der Waals surface area contributed by atoms with Crippen LogP contribution in [0.15, 0.2) is 36.9 Å². The Labute approximate surface area is 144 Å². The van der Waals surface area contributed by atoms with Crippen molar-refractivity contribution in [1.29, 1.82) is 0 Å². The number of sulfone groups is 1. The number of Topliss-reactive ketones (excluding diaryl/α,β-unsaturated/α-hetero) is 1. The first-order valence-corrected chi connectivity index (χ1v) is 10.1. The summed E-state index contributed by atoms with van der Waals surface area (Å²) in [5.41, 5.74) is 0.442. The van der Waals surface area contributed by atoms with Crippen LogP contribution in [0.3, 0.4) is 0 Å². The van der Waals surface area contributed by atoms with Crippen molar-refractivity contribution in [3.63, 3.8) is 0 Å². The zero-order valence-corrected chi connectivity index (χ0v) is 14.9. The molecule has 1 aromatic carbocycles. The summed E-state index contributed by atoms with van der Waals surface area (Å²) < 4.78 is 27.6. The van der Waals surface area contributed by atoms with Crippen molar-refractivity contribution in [3.05, 3.63) is 42.5 Å². The zero-order valence-electron chi connectivity index (χ0n) is 14.1. The standard InChI is InChI=1S/C18H26O5S/c1-3-8-17(19)18(20)15-9-11-16(12-10-15)23-13-6-4-5-7-14-24(2,21)22/h3,9-12,17,19H,1,4-8,13-14H2,2H3. The predicted octanol–water partition coefficient (Wildman–Crippen LogP) is 2.79. The summed E-state index contributed by atoms with van der Waals surface area (Å²) in [6.07, 6.45) is 5.25. The van der Waals surface area contributed by atoms with Gasteiger partial charge in [-0.05, 0) is 43.5 Å². The molecule has 1 N–H and O–H groups in total. The largest absolute Gasteiger partial charge is 0.494 e. The Hall–Kier alpha value is -1.66. The zero-order chi connectivity index (χ0) is 18.0. The summed E-state index contributed by atoms with van der Waals surface area (Å²) in [5.74, 6) is 0.578. The van der Waals surface area contributed by atoms with E-state index in [1.54, 1.807) is 24.3 Å². The molecule has 1 aromatic rings. The second-order valence-electron chi connectivity index (χ2n) is 5.82. The van der Waals surface area contributed by atoms with Gasteiger partial charge in [0.2, 0.25) is 0 Å². The van der Waals surface area contributed by atoms with Crippen LogP contribution in [0, 0.1) is 0 Å². The normalized spacial score (nSPS) is 12.6. The minimum absolute atomic E-state index is 0.233. The Kier molecular flexibility index (Phi) is 8.71. The maximum absolute atomic E-state index is 11.9. The van der Waals surface area contributed by atoms with Crippen LogP contribution in [-0.2, 0) is 9.84 Å². The van der Waals surface area contributed by atoms with Crippen molar-refractivity contribution in [2.24, 2.45) is 0 Å². The van der Waals surface area contributed by atoms with Gasteiger partial charge in [-0.3, -0.25) is 4.79 Å². The number of benzene rings is 1. The van der Waals surface area contributed by atoms with Crippen LogP contribution >= 0.6 is 0 Å². The molecule has 0 saturated carbocycles. The molecule has 0 bridgehead atoms. The number of ketones is 1. The van der Waals surface area contributed by atoms with Gasteiger partial charge in [-0.15, -0.1) is 6.58 Å². The summed E-state index contributed by atoms with van der Waals surface area (Å²) in [6.45, 7) is 4.05. The Bertz CT molecular complexity index is 619. The highest BCUT2D eigenvalue weighted by atomic mass is 32.2. The van der Waals surface area contributed by atoms with Crippen LogP contribution in [0.25, 0.3) is 0 Å². The lowest BCUT2D eigenvalue weighted by Gasteiger charge is -2.09. The molecular weight excluding hydrogens is 328 g/mol. The first-order valence-electron chi connectivity index (χ1n) is 8.07. The number of rotatable bonds is 12. The molecular formula is C18H26O5S.